The molecular weight excluding hydrogens is 322 g/mol. The van der Waals surface area contributed by atoms with Crippen molar-refractivity contribution in [3.8, 4) is 0 Å². The van der Waals surface area contributed by atoms with Crippen molar-refractivity contribution >= 4 is 15.2 Å². The van der Waals surface area contributed by atoms with E-state index in [-0.39, 0.29) is 5.41 Å². The number of hydrogen-bond donors (Lipinski definition) is 5. The van der Waals surface area contributed by atoms with Crippen LogP contribution in [0.1, 0.15) is 20.8 Å². The van der Waals surface area contributed by atoms with E-state index in [1.165, 1.54) is 12.5 Å². The maximum atomic E-state index is 11.3. The molecule has 0 aliphatic carbocycles. The first-order valence-corrected chi connectivity index (χ1v) is 9.27. The summed E-state index contributed by atoms with van der Waals surface area (Å²) in [4.78, 5) is 36.3. The highest BCUT2D eigenvalue weighted by molar-refractivity contribution is 7.72. The van der Waals surface area contributed by atoms with Crippen LogP contribution in [0, 0.1) is 5.41 Å². The molecule has 11 heteroatoms. The second kappa shape index (κ2) is 5.59. The van der Waals surface area contributed by atoms with Gasteiger partial charge >= 0.3 is 20.3 Å². The third-order valence-electron chi connectivity index (χ3n) is 2.73. The van der Waals surface area contributed by atoms with Gasteiger partial charge in [-0.3, -0.25) is 9.13 Å². The van der Waals surface area contributed by atoms with Crippen molar-refractivity contribution in [2.75, 3.05) is 0 Å². The second-order valence-electron chi connectivity index (χ2n) is 6.18. The summed E-state index contributed by atoms with van der Waals surface area (Å²) in [7, 11) is -10.9. The normalized spacial score (nSPS) is 14.5. The predicted molar refractivity (Wildman–Crippen MR) is 73.1 cm³/mol. The SMILES string of the molecule is CC(C)(C)C[n+]1ccn(CC(O)(P(=O)(O)O)P(=O)(O)O)c1. The molecule has 0 aromatic carbocycles. The quantitative estimate of drug-likeness (QED) is 0.368. The molecule has 0 amide bonds. The average molecular weight is 343 g/mol. The van der Waals surface area contributed by atoms with E-state index in [4.69, 9.17) is 19.6 Å². The van der Waals surface area contributed by atoms with Crippen LogP contribution in [0.2, 0.25) is 0 Å². The maximum Gasteiger partial charge on any atom is 0.373 e. The Morgan fingerprint density at radius 1 is 1.10 bits per heavy atom. The first kappa shape index (κ1) is 18.5. The molecule has 1 heterocycles. The number of hydrogen-bond acceptors (Lipinski definition) is 3. The molecule has 9 nitrogen and oxygen atoms in total. The number of nitrogens with zero attached hydrogens (tertiary/aromatic N) is 2. The number of imidazole rings is 1. The molecule has 0 spiro atoms. The molecule has 1 aromatic rings. The minimum atomic E-state index is -5.44. The van der Waals surface area contributed by atoms with Crippen molar-refractivity contribution in [1.29, 1.82) is 0 Å². The van der Waals surface area contributed by atoms with Crippen molar-refractivity contribution < 1.29 is 38.4 Å². The molecule has 0 radical (unpaired) electrons. The number of aromatic nitrogens is 2. The van der Waals surface area contributed by atoms with Gasteiger partial charge in [0.1, 0.15) is 18.9 Å². The van der Waals surface area contributed by atoms with Crippen LogP contribution in [0.15, 0.2) is 18.7 Å². The Morgan fingerprint density at radius 2 is 1.57 bits per heavy atom. The molecule has 21 heavy (non-hydrogen) atoms. The van der Waals surface area contributed by atoms with E-state index in [2.05, 4.69) is 0 Å². The minimum absolute atomic E-state index is 0.0559. The van der Waals surface area contributed by atoms with Crippen LogP contribution in [0.5, 0.6) is 0 Å². The van der Waals surface area contributed by atoms with Crippen LogP contribution in [-0.4, -0.2) is 34.3 Å². The fraction of sp³-hybridized carbons (Fsp3) is 0.700. The lowest BCUT2D eigenvalue weighted by Crippen LogP contribution is -2.39. The van der Waals surface area contributed by atoms with Gasteiger partial charge in [0.2, 0.25) is 6.33 Å². The van der Waals surface area contributed by atoms with Crippen LogP contribution in [0.3, 0.4) is 0 Å². The summed E-state index contributed by atoms with van der Waals surface area (Å²) in [6, 6.07) is 0. The molecule has 0 saturated carbocycles. The third kappa shape index (κ3) is 4.47. The molecule has 0 aliphatic rings. The van der Waals surface area contributed by atoms with Gasteiger partial charge in [0, 0.05) is 0 Å². The lowest BCUT2D eigenvalue weighted by molar-refractivity contribution is -0.707. The Bertz CT molecular complexity index is 573. The lowest BCUT2D eigenvalue weighted by atomic mass is 9.97. The average Bonchev–Trinajstić information content (AvgIpc) is 2.58. The summed E-state index contributed by atoms with van der Waals surface area (Å²) < 4.78 is 25.4. The first-order chi connectivity index (χ1) is 9.16. The van der Waals surface area contributed by atoms with Crippen LogP contribution in [-0.2, 0) is 22.2 Å². The molecule has 122 valence electrons. The van der Waals surface area contributed by atoms with Crippen molar-refractivity contribution in [2.45, 2.75) is 38.9 Å². The Kier molecular flexibility index (Phi) is 4.93. The molecule has 0 bridgehead atoms. The highest BCUT2D eigenvalue weighted by atomic mass is 31.2. The maximum absolute atomic E-state index is 11.3. The molecule has 0 saturated heterocycles. The van der Waals surface area contributed by atoms with Gasteiger partial charge in [-0.15, -0.1) is 0 Å². The summed E-state index contributed by atoms with van der Waals surface area (Å²) in [5.41, 5.74) is -0.0559. The van der Waals surface area contributed by atoms with Crippen molar-refractivity contribution in [2.24, 2.45) is 5.41 Å². The smallest absolute Gasteiger partial charge is 0.365 e. The summed E-state index contributed by atoms with van der Waals surface area (Å²) in [5.74, 6) is 0. The molecule has 0 unspecified atom stereocenters. The summed E-state index contributed by atoms with van der Waals surface area (Å²) in [6.07, 6.45) is 4.38. The van der Waals surface area contributed by atoms with E-state index < -0.39 is 26.8 Å². The Labute approximate surface area is 122 Å². The van der Waals surface area contributed by atoms with E-state index in [1.807, 2.05) is 20.8 Å². The topological polar surface area (TPSA) is 144 Å². The van der Waals surface area contributed by atoms with Gasteiger partial charge in [-0.25, -0.2) is 9.13 Å². The van der Waals surface area contributed by atoms with Gasteiger partial charge in [-0.05, 0) is 5.41 Å². The van der Waals surface area contributed by atoms with E-state index in [9.17, 15) is 14.2 Å². The minimum Gasteiger partial charge on any atom is -0.365 e. The largest absolute Gasteiger partial charge is 0.373 e. The highest BCUT2D eigenvalue weighted by Gasteiger charge is 2.61. The standard InChI is InChI=1S/C10H20N2O7P2/c1-9(2,3)6-11-4-5-12(8-11)7-10(13,20(14,15)16)21(17,18)19/h4-5,8,13H,6-7H2,1-3H3,(H3-,14,15,16,17,18,19)/p+1. The summed E-state index contributed by atoms with van der Waals surface area (Å²) in [6.45, 7) is 5.62. The Balaban J connectivity index is 3.08. The fourth-order valence-corrected chi connectivity index (χ4v) is 3.83. The lowest BCUT2D eigenvalue weighted by Gasteiger charge is -2.27. The molecule has 0 fully saturated rings. The van der Waals surface area contributed by atoms with Crippen LogP contribution >= 0.6 is 15.2 Å². The Hall–Kier alpha value is -0.530. The third-order valence-corrected chi connectivity index (χ3v) is 6.44. The molecule has 5 N–H and O–H groups in total. The molecular formula is C10H21N2O7P2+. The van der Waals surface area contributed by atoms with Gasteiger partial charge < -0.3 is 24.7 Å². The number of aliphatic hydroxyl groups is 1. The van der Waals surface area contributed by atoms with E-state index in [1.54, 1.807) is 10.8 Å². The highest BCUT2D eigenvalue weighted by Crippen LogP contribution is 2.67. The van der Waals surface area contributed by atoms with Gasteiger partial charge in [-0.2, -0.15) is 0 Å². The van der Waals surface area contributed by atoms with Crippen molar-refractivity contribution in [3.63, 3.8) is 0 Å². The van der Waals surface area contributed by atoms with Gasteiger partial charge in [0.25, 0.3) is 0 Å². The molecule has 1 aromatic heterocycles. The van der Waals surface area contributed by atoms with Crippen molar-refractivity contribution in [1.82, 2.24) is 4.57 Å². The number of rotatable bonds is 5. The summed E-state index contributed by atoms with van der Waals surface area (Å²) >= 11 is 0. The van der Waals surface area contributed by atoms with Gasteiger partial charge in [0.05, 0.1) is 6.54 Å². The fourth-order valence-electron chi connectivity index (χ4n) is 1.77. The van der Waals surface area contributed by atoms with Crippen LogP contribution in [0.25, 0.3) is 0 Å². The van der Waals surface area contributed by atoms with Gasteiger partial charge in [-0.1, -0.05) is 20.8 Å². The molecule has 0 aliphatic heterocycles. The zero-order chi connectivity index (χ0) is 16.7. The van der Waals surface area contributed by atoms with E-state index in [0.717, 1.165) is 4.57 Å². The Morgan fingerprint density at radius 3 is 1.95 bits per heavy atom. The zero-order valence-electron chi connectivity index (χ0n) is 12.0. The molecule has 1 rings (SSSR count). The van der Waals surface area contributed by atoms with Crippen molar-refractivity contribution in [3.05, 3.63) is 18.7 Å². The van der Waals surface area contributed by atoms with Crippen LogP contribution < -0.4 is 4.57 Å². The van der Waals surface area contributed by atoms with E-state index >= 15 is 0 Å². The summed E-state index contributed by atoms with van der Waals surface area (Å²) in [5, 5.41) is 6.38. The first-order valence-electron chi connectivity index (χ1n) is 6.04. The zero-order valence-corrected chi connectivity index (χ0v) is 13.8. The predicted octanol–water partition coefficient (Wildman–Crippen LogP) is -0.177. The molecule has 0 atom stereocenters. The monoisotopic (exact) mass is 343 g/mol. The van der Waals surface area contributed by atoms with Gasteiger partial charge in [0.15, 0.2) is 0 Å². The van der Waals surface area contributed by atoms with E-state index in [0.29, 0.717) is 6.54 Å². The van der Waals surface area contributed by atoms with Crippen LogP contribution in [0.4, 0.5) is 0 Å². The second-order valence-corrected chi connectivity index (χ2v) is 10.2.